The Bertz CT molecular complexity index is 533. The standard InChI is InChI=1S/C17H23N3/c1-14-6-2-3-9-17(14)19-16-8-4-7-15(12-16)13-20-11-5-10-18-20/h4-5,7-8,10-12,14,17,19H,2-3,6,9,13H2,1H3. The summed E-state index contributed by atoms with van der Waals surface area (Å²) in [4.78, 5) is 0. The molecule has 0 amide bonds. The van der Waals surface area contributed by atoms with E-state index in [0.717, 1.165) is 12.5 Å². The quantitative estimate of drug-likeness (QED) is 0.911. The van der Waals surface area contributed by atoms with Gasteiger partial charge < -0.3 is 5.32 Å². The molecular formula is C17H23N3. The van der Waals surface area contributed by atoms with Gasteiger partial charge in [-0.3, -0.25) is 4.68 Å². The Morgan fingerprint density at radius 2 is 2.15 bits per heavy atom. The molecule has 1 aromatic carbocycles. The predicted octanol–water partition coefficient (Wildman–Crippen LogP) is 3.92. The molecule has 1 aliphatic carbocycles. The summed E-state index contributed by atoms with van der Waals surface area (Å²) < 4.78 is 1.96. The van der Waals surface area contributed by atoms with Crippen molar-refractivity contribution < 1.29 is 0 Å². The summed E-state index contributed by atoms with van der Waals surface area (Å²) in [5.74, 6) is 0.776. The molecule has 1 N–H and O–H groups in total. The fourth-order valence-corrected chi connectivity index (χ4v) is 3.09. The van der Waals surface area contributed by atoms with Crippen LogP contribution in [0.1, 0.15) is 38.2 Å². The molecule has 1 heterocycles. The van der Waals surface area contributed by atoms with Gasteiger partial charge in [-0.2, -0.15) is 5.10 Å². The molecule has 3 nitrogen and oxygen atoms in total. The SMILES string of the molecule is CC1CCCCC1Nc1cccc(Cn2cccn2)c1. The molecule has 20 heavy (non-hydrogen) atoms. The van der Waals surface area contributed by atoms with Crippen molar-refractivity contribution in [3.05, 3.63) is 48.3 Å². The van der Waals surface area contributed by atoms with E-state index in [9.17, 15) is 0 Å². The molecule has 2 atom stereocenters. The van der Waals surface area contributed by atoms with Crippen LogP contribution in [0.15, 0.2) is 42.7 Å². The van der Waals surface area contributed by atoms with Gasteiger partial charge in [0.1, 0.15) is 0 Å². The molecule has 3 rings (SSSR count). The molecule has 0 radical (unpaired) electrons. The molecule has 3 heteroatoms. The third kappa shape index (κ3) is 3.21. The Labute approximate surface area is 121 Å². The average molecular weight is 269 g/mol. The van der Waals surface area contributed by atoms with Gasteiger partial charge in [0, 0.05) is 24.1 Å². The summed E-state index contributed by atoms with van der Waals surface area (Å²) in [6, 6.07) is 11.3. The maximum Gasteiger partial charge on any atom is 0.0660 e. The third-order valence-corrected chi connectivity index (χ3v) is 4.29. The Morgan fingerprint density at radius 1 is 1.25 bits per heavy atom. The van der Waals surface area contributed by atoms with Gasteiger partial charge >= 0.3 is 0 Å². The lowest BCUT2D eigenvalue weighted by molar-refractivity contribution is 0.349. The van der Waals surface area contributed by atoms with Gasteiger partial charge in [0.15, 0.2) is 0 Å². The lowest BCUT2D eigenvalue weighted by Gasteiger charge is -2.30. The van der Waals surface area contributed by atoms with Crippen molar-refractivity contribution >= 4 is 5.69 Å². The van der Waals surface area contributed by atoms with Crippen LogP contribution >= 0.6 is 0 Å². The van der Waals surface area contributed by atoms with Gasteiger partial charge in [0.25, 0.3) is 0 Å². The van der Waals surface area contributed by atoms with Crippen LogP contribution in [0.2, 0.25) is 0 Å². The summed E-state index contributed by atoms with van der Waals surface area (Å²) in [6.07, 6.45) is 9.22. The van der Waals surface area contributed by atoms with E-state index in [4.69, 9.17) is 0 Å². The lowest BCUT2D eigenvalue weighted by Crippen LogP contribution is -2.30. The number of hydrogen-bond donors (Lipinski definition) is 1. The van der Waals surface area contributed by atoms with Crippen molar-refractivity contribution in [3.8, 4) is 0 Å². The zero-order valence-corrected chi connectivity index (χ0v) is 12.1. The number of anilines is 1. The normalized spacial score (nSPS) is 22.6. The van der Waals surface area contributed by atoms with E-state index < -0.39 is 0 Å². The van der Waals surface area contributed by atoms with Crippen LogP contribution in [-0.4, -0.2) is 15.8 Å². The maximum atomic E-state index is 4.27. The van der Waals surface area contributed by atoms with Gasteiger partial charge in [-0.1, -0.05) is 31.9 Å². The van der Waals surface area contributed by atoms with E-state index in [-0.39, 0.29) is 0 Å². The van der Waals surface area contributed by atoms with E-state index >= 15 is 0 Å². The smallest absolute Gasteiger partial charge is 0.0660 e. The highest BCUT2D eigenvalue weighted by atomic mass is 15.3. The second kappa shape index (κ2) is 6.12. The molecule has 0 bridgehead atoms. The van der Waals surface area contributed by atoms with Crippen molar-refractivity contribution in [2.24, 2.45) is 5.92 Å². The molecule has 1 saturated carbocycles. The predicted molar refractivity (Wildman–Crippen MR) is 82.8 cm³/mol. The van der Waals surface area contributed by atoms with Crippen molar-refractivity contribution in [3.63, 3.8) is 0 Å². The Hall–Kier alpha value is -1.77. The maximum absolute atomic E-state index is 4.27. The molecule has 0 saturated heterocycles. The van der Waals surface area contributed by atoms with Crippen LogP contribution in [-0.2, 0) is 6.54 Å². The summed E-state index contributed by atoms with van der Waals surface area (Å²) in [6.45, 7) is 3.20. The molecule has 1 fully saturated rings. The first-order valence-electron chi connectivity index (χ1n) is 7.64. The van der Waals surface area contributed by atoms with Crippen molar-refractivity contribution in [1.82, 2.24) is 9.78 Å². The van der Waals surface area contributed by atoms with E-state index in [1.54, 1.807) is 0 Å². The highest BCUT2D eigenvalue weighted by Gasteiger charge is 2.20. The van der Waals surface area contributed by atoms with Gasteiger partial charge in [-0.25, -0.2) is 0 Å². The molecule has 106 valence electrons. The highest BCUT2D eigenvalue weighted by molar-refractivity contribution is 5.46. The minimum atomic E-state index is 0.628. The summed E-state index contributed by atoms with van der Waals surface area (Å²) in [7, 11) is 0. The number of rotatable bonds is 4. The van der Waals surface area contributed by atoms with Gasteiger partial charge in [0.2, 0.25) is 0 Å². The minimum Gasteiger partial charge on any atom is -0.382 e. The number of benzene rings is 1. The number of aromatic nitrogens is 2. The monoisotopic (exact) mass is 269 g/mol. The number of nitrogens with zero attached hydrogens (tertiary/aromatic N) is 2. The molecule has 0 aliphatic heterocycles. The zero-order chi connectivity index (χ0) is 13.8. The topological polar surface area (TPSA) is 29.9 Å². The van der Waals surface area contributed by atoms with Crippen LogP contribution in [0.4, 0.5) is 5.69 Å². The zero-order valence-electron chi connectivity index (χ0n) is 12.1. The minimum absolute atomic E-state index is 0.628. The first-order chi connectivity index (χ1) is 9.81. The van der Waals surface area contributed by atoms with Crippen LogP contribution in [0.25, 0.3) is 0 Å². The number of hydrogen-bond acceptors (Lipinski definition) is 2. The fourth-order valence-electron chi connectivity index (χ4n) is 3.09. The third-order valence-electron chi connectivity index (χ3n) is 4.29. The van der Waals surface area contributed by atoms with E-state index in [0.29, 0.717) is 6.04 Å². The van der Waals surface area contributed by atoms with E-state index in [2.05, 4.69) is 41.6 Å². The van der Waals surface area contributed by atoms with Crippen molar-refractivity contribution in [2.45, 2.75) is 45.2 Å². The van der Waals surface area contributed by atoms with Crippen molar-refractivity contribution in [1.29, 1.82) is 0 Å². The van der Waals surface area contributed by atoms with Crippen LogP contribution in [0.3, 0.4) is 0 Å². The molecule has 1 aromatic heterocycles. The Balaban J connectivity index is 1.67. The Kier molecular flexibility index (Phi) is 4.05. The molecule has 2 aromatic rings. The molecule has 0 spiro atoms. The van der Waals surface area contributed by atoms with Crippen LogP contribution in [0.5, 0.6) is 0 Å². The molecule has 1 aliphatic rings. The Morgan fingerprint density at radius 3 is 2.95 bits per heavy atom. The van der Waals surface area contributed by atoms with Gasteiger partial charge in [0.05, 0.1) is 6.54 Å². The molecule has 2 unspecified atom stereocenters. The van der Waals surface area contributed by atoms with E-state index in [1.165, 1.54) is 36.9 Å². The first-order valence-corrected chi connectivity index (χ1v) is 7.64. The van der Waals surface area contributed by atoms with E-state index in [1.807, 2.05) is 23.1 Å². The first kappa shape index (κ1) is 13.2. The fraction of sp³-hybridized carbons (Fsp3) is 0.471. The van der Waals surface area contributed by atoms with Crippen molar-refractivity contribution in [2.75, 3.05) is 5.32 Å². The lowest BCUT2D eigenvalue weighted by atomic mass is 9.86. The molecular weight excluding hydrogens is 246 g/mol. The van der Waals surface area contributed by atoms with Crippen LogP contribution < -0.4 is 5.32 Å². The summed E-state index contributed by atoms with van der Waals surface area (Å²) in [5.41, 5.74) is 2.54. The summed E-state index contributed by atoms with van der Waals surface area (Å²) >= 11 is 0. The number of nitrogens with one attached hydrogen (secondary N) is 1. The average Bonchev–Trinajstić information content (AvgIpc) is 2.95. The van der Waals surface area contributed by atoms with Gasteiger partial charge in [-0.05, 0) is 42.5 Å². The highest BCUT2D eigenvalue weighted by Crippen LogP contribution is 2.27. The largest absolute Gasteiger partial charge is 0.382 e. The van der Waals surface area contributed by atoms with Gasteiger partial charge in [-0.15, -0.1) is 0 Å². The second-order valence-electron chi connectivity index (χ2n) is 5.92. The second-order valence-corrected chi connectivity index (χ2v) is 5.92. The summed E-state index contributed by atoms with van der Waals surface area (Å²) in [5, 5.41) is 7.99. The van der Waals surface area contributed by atoms with Crippen LogP contribution in [0, 0.1) is 5.92 Å².